The van der Waals surface area contributed by atoms with Crippen molar-refractivity contribution in [3.05, 3.63) is 52.0 Å². The molecular formula is C22H24Cl2F3NO4S. The van der Waals surface area contributed by atoms with Gasteiger partial charge >= 0.3 is 6.36 Å². The predicted molar refractivity (Wildman–Crippen MR) is 121 cm³/mol. The van der Waals surface area contributed by atoms with Gasteiger partial charge in [-0.3, -0.25) is 4.90 Å². The lowest BCUT2D eigenvalue weighted by Crippen LogP contribution is -2.23. The maximum Gasteiger partial charge on any atom is 0.573 e. The third-order valence-electron chi connectivity index (χ3n) is 5.04. The lowest BCUT2D eigenvalue weighted by Gasteiger charge is -2.19. The van der Waals surface area contributed by atoms with Crippen molar-refractivity contribution in [2.45, 2.75) is 44.2 Å². The smallest absolute Gasteiger partial charge is 0.488 e. The molecule has 182 valence electrons. The van der Waals surface area contributed by atoms with Gasteiger partial charge in [-0.25, -0.2) is 8.42 Å². The van der Waals surface area contributed by atoms with E-state index in [1.165, 1.54) is 12.1 Å². The molecule has 0 aliphatic carbocycles. The molecule has 1 atom stereocenters. The highest BCUT2D eigenvalue weighted by atomic mass is 35.5. The van der Waals surface area contributed by atoms with E-state index < -0.39 is 21.9 Å². The summed E-state index contributed by atoms with van der Waals surface area (Å²) in [6.45, 7) is 5.48. The van der Waals surface area contributed by atoms with Crippen molar-refractivity contribution < 1.29 is 31.1 Å². The zero-order chi connectivity index (χ0) is 24.4. The summed E-state index contributed by atoms with van der Waals surface area (Å²) in [6, 6.07) is 8.03. The molecule has 33 heavy (non-hydrogen) atoms. The summed E-state index contributed by atoms with van der Waals surface area (Å²) in [5, 5.41) is 0.816. The van der Waals surface area contributed by atoms with Crippen LogP contribution in [-0.2, 0) is 16.4 Å². The Labute approximate surface area is 201 Å². The minimum atomic E-state index is -4.89. The van der Waals surface area contributed by atoms with Gasteiger partial charge in [0.2, 0.25) is 0 Å². The molecule has 11 heteroatoms. The highest BCUT2D eigenvalue weighted by Crippen LogP contribution is 2.36. The van der Waals surface area contributed by atoms with Gasteiger partial charge in [0.1, 0.15) is 5.75 Å². The molecule has 0 N–H and O–H groups in total. The molecule has 1 heterocycles. The Kier molecular flexibility index (Phi) is 8.09. The molecule has 0 bridgehead atoms. The molecule has 2 aromatic rings. The number of ether oxygens (including phenoxy) is 2. The van der Waals surface area contributed by atoms with E-state index in [1.54, 1.807) is 12.1 Å². The van der Waals surface area contributed by atoms with E-state index in [2.05, 4.69) is 9.64 Å². The number of hydrogen-bond donors (Lipinski definition) is 0. The minimum Gasteiger partial charge on any atom is -0.488 e. The Balaban J connectivity index is 1.63. The van der Waals surface area contributed by atoms with Gasteiger partial charge in [0.15, 0.2) is 15.6 Å². The third kappa shape index (κ3) is 7.40. The first-order valence-corrected chi connectivity index (χ1v) is 12.7. The molecular weight excluding hydrogens is 502 g/mol. The number of halogens is 5. The molecule has 1 saturated heterocycles. The molecule has 1 aliphatic heterocycles. The number of nitrogens with zero attached hydrogens (tertiary/aromatic N) is 1. The highest BCUT2D eigenvalue weighted by molar-refractivity contribution is 7.91. The van der Waals surface area contributed by atoms with Crippen molar-refractivity contribution in [3.63, 3.8) is 0 Å². The molecule has 0 saturated carbocycles. The standard InChI is InChI=1S/C22H24Cl2F3NO4S/c1-14(2)31-21-19(23)8-16(9-20(21)24)12-28-7-6-15(11-28)13-33(29,30)18-5-3-4-17(10-18)32-22(25,26)27/h3-5,8-10,14-15H,6-7,11-13H2,1-2H3/t15-/m1/s1. The Bertz CT molecular complexity index is 1070. The van der Waals surface area contributed by atoms with E-state index in [1.807, 2.05) is 13.8 Å². The Morgan fingerprint density at radius 3 is 2.42 bits per heavy atom. The number of hydrogen-bond acceptors (Lipinski definition) is 5. The Morgan fingerprint density at radius 1 is 1.15 bits per heavy atom. The van der Waals surface area contributed by atoms with E-state index >= 15 is 0 Å². The second kappa shape index (κ2) is 10.3. The summed E-state index contributed by atoms with van der Waals surface area (Å²) in [5.74, 6) is -0.451. The molecule has 5 nitrogen and oxygen atoms in total. The average Bonchev–Trinajstić information content (AvgIpc) is 3.09. The summed E-state index contributed by atoms with van der Waals surface area (Å²) >= 11 is 12.6. The van der Waals surface area contributed by atoms with E-state index in [-0.39, 0.29) is 22.7 Å². The van der Waals surface area contributed by atoms with E-state index in [9.17, 15) is 21.6 Å². The van der Waals surface area contributed by atoms with Crippen LogP contribution in [0.15, 0.2) is 41.3 Å². The van der Waals surface area contributed by atoms with Crippen LogP contribution in [0, 0.1) is 5.92 Å². The topological polar surface area (TPSA) is 55.8 Å². The molecule has 2 aromatic carbocycles. The SMILES string of the molecule is CC(C)Oc1c(Cl)cc(CN2CC[C@@H](CS(=O)(=O)c3cccc(OC(F)(F)F)c3)C2)cc1Cl. The van der Waals surface area contributed by atoms with Crippen molar-refractivity contribution in [2.75, 3.05) is 18.8 Å². The van der Waals surface area contributed by atoms with E-state index in [4.69, 9.17) is 27.9 Å². The van der Waals surface area contributed by atoms with Crippen molar-refractivity contribution in [1.82, 2.24) is 4.90 Å². The van der Waals surface area contributed by atoms with Crippen LogP contribution in [0.1, 0.15) is 25.8 Å². The normalized spacial score (nSPS) is 17.5. The number of likely N-dealkylation sites (tertiary alicyclic amines) is 1. The van der Waals surface area contributed by atoms with Crippen LogP contribution in [0.5, 0.6) is 11.5 Å². The lowest BCUT2D eigenvalue weighted by atomic mass is 10.1. The second-order valence-corrected chi connectivity index (χ2v) is 11.1. The van der Waals surface area contributed by atoms with Gasteiger partial charge < -0.3 is 9.47 Å². The van der Waals surface area contributed by atoms with Crippen LogP contribution in [0.4, 0.5) is 13.2 Å². The van der Waals surface area contributed by atoms with Gasteiger partial charge in [0.05, 0.1) is 26.8 Å². The molecule has 0 aromatic heterocycles. The van der Waals surface area contributed by atoms with E-state index in [0.29, 0.717) is 41.8 Å². The second-order valence-electron chi connectivity index (χ2n) is 8.25. The monoisotopic (exact) mass is 525 g/mol. The van der Waals surface area contributed by atoms with Crippen LogP contribution in [0.25, 0.3) is 0 Å². The van der Waals surface area contributed by atoms with Gasteiger partial charge in [-0.1, -0.05) is 29.3 Å². The number of rotatable bonds is 8. The summed E-state index contributed by atoms with van der Waals surface area (Å²) in [4.78, 5) is 1.90. The van der Waals surface area contributed by atoms with Crippen LogP contribution in [0.2, 0.25) is 10.0 Å². The molecule has 0 radical (unpaired) electrons. The van der Waals surface area contributed by atoms with Crippen molar-refractivity contribution in [1.29, 1.82) is 0 Å². The largest absolute Gasteiger partial charge is 0.573 e. The molecule has 0 unspecified atom stereocenters. The molecule has 1 aliphatic rings. The average molecular weight is 526 g/mol. The zero-order valence-electron chi connectivity index (χ0n) is 18.0. The molecule has 1 fully saturated rings. The van der Waals surface area contributed by atoms with Crippen molar-refractivity contribution >= 4 is 33.0 Å². The summed E-state index contributed by atoms with van der Waals surface area (Å²) < 4.78 is 72.4. The first kappa shape index (κ1) is 25.9. The Morgan fingerprint density at radius 2 is 1.82 bits per heavy atom. The van der Waals surface area contributed by atoms with E-state index in [0.717, 1.165) is 17.7 Å². The molecule has 0 spiro atoms. The number of alkyl halides is 3. The number of benzene rings is 2. The fourth-order valence-corrected chi connectivity index (χ4v) is 6.06. The van der Waals surface area contributed by atoms with Crippen LogP contribution in [0.3, 0.4) is 0 Å². The molecule has 0 amide bonds. The van der Waals surface area contributed by atoms with Crippen LogP contribution < -0.4 is 9.47 Å². The first-order chi connectivity index (χ1) is 15.3. The fraction of sp³-hybridized carbons (Fsp3) is 0.455. The minimum absolute atomic E-state index is 0.0761. The van der Waals surface area contributed by atoms with Gasteiger partial charge in [-0.15, -0.1) is 13.2 Å². The number of sulfone groups is 1. The maximum atomic E-state index is 12.8. The van der Waals surface area contributed by atoms with Gasteiger partial charge in [0, 0.05) is 13.1 Å². The predicted octanol–water partition coefficient (Wildman–Crippen LogP) is 5.98. The fourth-order valence-electron chi connectivity index (χ4n) is 3.77. The quantitative estimate of drug-likeness (QED) is 0.424. The summed E-state index contributed by atoms with van der Waals surface area (Å²) in [5.41, 5.74) is 0.876. The van der Waals surface area contributed by atoms with Crippen LogP contribution in [-0.4, -0.2) is 44.6 Å². The Hall–Kier alpha value is -1.68. The highest BCUT2D eigenvalue weighted by Gasteiger charge is 2.32. The first-order valence-electron chi connectivity index (χ1n) is 10.3. The summed E-state index contributed by atoms with van der Waals surface area (Å²) in [7, 11) is -3.78. The van der Waals surface area contributed by atoms with Gasteiger partial charge in [-0.2, -0.15) is 0 Å². The maximum absolute atomic E-state index is 12.8. The van der Waals surface area contributed by atoms with Gasteiger partial charge in [0.25, 0.3) is 0 Å². The zero-order valence-corrected chi connectivity index (χ0v) is 20.4. The lowest BCUT2D eigenvalue weighted by molar-refractivity contribution is -0.274. The van der Waals surface area contributed by atoms with Crippen LogP contribution >= 0.6 is 23.2 Å². The van der Waals surface area contributed by atoms with Crippen molar-refractivity contribution in [3.8, 4) is 11.5 Å². The van der Waals surface area contributed by atoms with Crippen molar-refractivity contribution in [2.24, 2.45) is 5.92 Å². The van der Waals surface area contributed by atoms with Gasteiger partial charge in [-0.05, 0) is 68.6 Å². The summed E-state index contributed by atoms with van der Waals surface area (Å²) in [6.07, 6.45) is -4.32. The molecule has 3 rings (SSSR count). The third-order valence-corrected chi connectivity index (χ3v) is 7.48.